The molecule has 4 N–H and O–H groups in total. The second-order valence-corrected chi connectivity index (χ2v) is 3.99. The summed E-state index contributed by atoms with van der Waals surface area (Å²) in [5.74, 6) is -0.678. The van der Waals surface area contributed by atoms with Crippen LogP contribution in [0.2, 0.25) is 0 Å². The van der Waals surface area contributed by atoms with Crippen molar-refractivity contribution in [2.75, 3.05) is 0 Å². The smallest absolute Gasteiger partial charge is 0.244 e. The van der Waals surface area contributed by atoms with E-state index < -0.39 is 15.9 Å². The molecule has 0 saturated carbocycles. The first-order chi connectivity index (χ1) is 5.79. The number of sulfonamides is 1. The van der Waals surface area contributed by atoms with Crippen molar-refractivity contribution in [1.82, 2.24) is 0 Å². The maximum absolute atomic E-state index is 10.8. The van der Waals surface area contributed by atoms with E-state index in [9.17, 15) is 13.2 Å². The van der Waals surface area contributed by atoms with Gasteiger partial charge in [-0.3, -0.25) is 4.79 Å². The lowest BCUT2D eigenvalue weighted by Gasteiger charge is -1.98. The molecule has 0 bridgehead atoms. The second kappa shape index (κ2) is 4.20. The van der Waals surface area contributed by atoms with Crippen molar-refractivity contribution in [2.45, 2.75) is 13.8 Å². The predicted molar refractivity (Wildman–Crippen MR) is 49.8 cm³/mol. The average molecular weight is 204 g/mol. The summed E-state index contributed by atoms with van der Waals surface area (Å²) in [4.78, 5) is 10.4. The summed E-state index contributed by atoms with van der Waals surface area (Å²) in [6.45, 7) is 2.92. The molecule has 0 aromatic carbocycles. The molecule has 0 spiro atoms. The fourth-order valence-electron chi connectivity index (χ4n) is 0.614. The number of rotatable bonds is 3. The molecule has 6 heteroatoms. The van der Waals surface area contributed by atoms with E-state index in [1.165, 1.54) is 19.9 Å². The van der Waals surface area contributed by atoms with Crippen molar-refractivity contribution < 1.29 is 13.2 Å². The minimum atomic E-state index is -3.77. The van der Waals surface area contributed by atoms with Crippen LogP contribution in [0.1, 0.15) is 13.8 Å². The molecular formula is C7H12N2O3S. The molecule has 0 aliphatic heterocycles. The zero-order valence-electron chi connectivity index (χ0n) is 7.44. The molecule has 0 fully saturated rings. The molecule has 74 valence electrons. The molecule has 0 aliphatic carbocycles. The van der Waals surface area contributed by atoms with Gasteiger partial charge in [-0.15, -0.1) is 0 Å². The monoisotopic (exact) mass is 204 g/mol. The number of primary sulfonamides is 1. The van der Waals surface area contributed by atoms with Crippen LogP contribution in [-0.4, -0.2) is 14.3 Å². The normalized spacial score (nSPS) is 14.4. The zero-order chi connectivity index (χ0) is 10.6. The molecule has 1 amide bonds. The van der Waals surface area contributed by atoms with Crippen molar-refractivity contribution >= 4 is 15.9 Å². The van der Waals surface area contributed by atoms with E-state index >= 15 is 0 Å². The lowest BCUT2D eigenvalue weighted by molar-refractivity contribution is -0.114. The van der Waals surface area contributed by atoms with Crippen molar-refractivity contribution in [3.8, 4) is 0 Å². The van der Waals surface area contributed by atoms with Crippen molar-refractivity contribution in [3.63, 3.8) is 0 Å². The van der Waals surface area contributed by atoms with Crippen LogP contribution < -0.4 is 10.9 Å². The van der Waals surface area contributed by atoms with Gasteiger partial charge in [0.05, 0.1) is 4.91 Å². The van der Waals surface area contributed by atoms with E-state index in [1.54, 1.807) is 0 Å². The quantitative estimate of drug-likeness (QED) is 0.483. The van der Waals surface area contributed by atoms with E-state index in [1.807, 2.05) is 0 Å². The number of carbonyl (C=O) groups excluding carboxylic acids is 1. The summed E-state index contributed by atoms with van der Waals surface area (Å²) in [6.07, 6.45) is 2.43. The molecule has 0 atom stereocenters. The maximum atomic E-state index is 10.8. The summed E-state index contributed by atoms with van der Waals surface area (Å²) in [7, 11) is -3.77. The Kier molecular flexibility index (Phi) is 3.83. The van der Waals surface area contributed by atoms with E-state index in [4.69, 9.17) is 10.9 Å². The molecular weight excluding hydrogens is 192 g/mol. The third kappa shape index (κ3) is 3.86. The van der Waals surface area contributed by atoms with Gasteiger partial charge in [-0.2, -0.15) is 0 Å². The van der Waals surface area contributed by atoms with Crippen molar-refractivity contribution in [2.24, 2.45) is 10.9 Å². The van der Waals surface area contributed by atoms with E-state index in [0.717, 1.165) is 6.08 Å². The van der Waals surface area contributed by atoms with Gasteiger partial charge in [0, 0.05) is 5.57 Å². The van der Waals surface area contributed by atoms with Crippen LogP contribution in [0, 0.1) is 0 Å². The van der Waals surface area contributed by atoms with Crippen LogP contribution >= 0.6 is 0 Å². The fourth-order valence-corrected chi connectivity index (χ4v) is 1.28. The largest absolute Gasteiger partial charge is 0.366 e. The van der Waals surface area contributed by atoms with Gasteiger partial charge in [0.25, 0.3) is 0 Å². The highest BCUT2D eigenvalue weighted by molar-refractivity contribution is 7.93. The van der Waals surface area contributed by atoms with Crippen LogP contribution in [0.25, 0.3) is 0 Å². The molecule has 0 unspecified atom stereocenters. The first kappa shape index (κ1) is 11.9. The van der Waals surface area contributed by atoms with Gasteiger partial charge in [-0.05, 0) is 19.9 Å². The van der Waals surface area contributed by atoms with Gasteiger partial charge in [0.15, 0.2) is 0 Å². The van der Waals surface area contributed by atoms with Crippen LogP contribution in [0.5, 0.6) is 0 Å². The highest BCUT2D eigenvalue weighted by Gasteiger charge is 2.09. The number of carbonyl (C=O) groups is 1. The Morgan fingerprint density at radius 3 is 2.08 bits per heavy atom. The standard InChI is InChI=1S/C7H12N2O3S/c1-3-6(13(9,11)12)4-5(2)7(8)10/h3-4H,1-2H3,(H2,8,10)(H2,9,11,12)/b5-4+,6-3+. The van der Waals surface area contributed by atoms with Crippen LogP contribution in [0.15, 0.2) is 22.6 Å². The number of primary amides is 1. The second-order valence-electron chi connectivity index (χ2n) is 2.43. The minimum Gasteiger partial charge on any atom is -0.366 e. The Morgan fingerprint density at radius 1 is 1.38 bits per heavy atom. The van der Waals surface area contributed by atoms with Crippen LogP contribution in [-0.2, 0) is 14.8 Å². The molecule has 0 rings (SSSR count). The van der Waals surface area contributed by atoms with Gasteiger partial charge in [-0.1, -0.05) is 6.08 Å². The number of hydrogen-bond donors (Lipinski definition) is 2. The fraction of sp³-hybridized carbons (Fsp3) is 0.286. The summed E-state index contributed by atoms with van der Waals surface area (Å²) in [5, 5.41) is 4.85. The molecule has 0 aromatic rings. The maximum Gasteiger partial charge on any atom is 0.244 e. The van der Waals surface area contributed by atoms with Crippen LogP contribution in [0.4, 0.5) is 0 Å². The molecule has 0 aromatic heterocycles. The van der Waals surface area contributed by atoms with Crippen molar-refractivity contribution in [3.05, 3.63) is 22.6 Å². The third-order valence-corrected chi connectivity index (χ3v) is 2.37. The number of hydrogen-bond acceptors (Lipinski definition) is 3. The van der Waals surface area contributed by atoms with E-state index in [0.29, 0.717) is 0 Å². The van der Waals surface area contributed by atoms with E-state index in [2.05, 4.69) is 0 Å². The van der Waals surface area contributed by atoms with Gasteiger partial charge in [0.2, 0.25) is 15.9 Å². The molecule has 0 aliphatic rings. The molecule has 0 radical (unpaired) electrons. The van der Waals surface area contributed by atoms with Crippen LogP contribution in [0.3, 0.4) is 0 Å². The lowest BCUT2D eigenvalue weighted by atomic mass is 10.2. The highest BCUT2D eigenvalue weighted by Crippen LogP contribution is 2.06. The third-order valence-electron chi connectivity index (χ3n) is 1.36. The Labute approximate surface area is 77.2 Å². The minimum absolute atomic E-state index is 0.121. The SMILES string of the molecule is C/C=C(\C=C(/C)C(N)=O)S(N)(=O)=O. The Hall–Kier alpha value is -1.14. The Morgan fingerprint density at radius 2 is 1.85 bits per heavy atom. The zero-order valence-corrected chi connectivity index (χ0v) is 8.26. The van der Waals surface area contributed by atoms with Gasteiger partial charge in [0.1, 0.15) is 0 Å². The molecule has 5 nitrogen and oxygen atoms in total. The topological polar surface area (TPSA) is 103 Å². The Bertz CT molecular complexity index is 365. The van der Waals surface area contributed by atoms with E-state index in [-0.39, 0.29) is 10.5 Å². The molecule has 0 heterocycles. The van der Waals surface area contributed by atoms with Gasteiger partial charge in [-0.25, -0.2) is 13.6 Å². The average Bonchev–Trinajstić information content (AvgIpc) is 1.96. The first-order valence-corrected chi connectivity index (χ1v) is 5.01. The number of nitrogens with two attached hydrogens (primary N) is 2. The molecule has 0 saturated heterocycles. The van der Waals surface area contributed by atoms with Gasteiger partial charge >= 0.3 is 0 Å². The van der Waals surface area contributed by atoms with Crippen molar-refractivity contribution in [1.29, 1.82) is 0 Å². The lowest BCUT2D eigenvalue weighted by Crippen LogP contribution is -2.16. The van der Waals surface area contributed by atoms with Gasteiger partial charge < -0.3 is 5.73 Å². The first-order valence-electron chi connectivity index (χ1n) is 3.46. The summed E-state index contributed by atoms with van der Waals surface area (Å²) in [6, 6.07) is 0. The summed E-state index contributed by atoms with van der Waals surface area (Å²) >= 11 is 0. The number of allylic oxidation sites excluding steroid dienone is 2. The predicted octanol–water partition coefficient (Wildman–Crippen LogP) is -0.390. The highest BCUT2D eigenvalue weighted by atomic mass is 32.2. The number of amides is 1. The Balaban J connectivity index is 5.11. The molecule has 13 heavy (non-hydrogen) atoms. The summed E-state index contributed by atoms with van der Waals surface area (Å²) < 4.78 is 21.7. The summed E-state index contributed by atoms with van der Waals surface area (Å²) in [5.41, 5.74) is 5.05.